The van der Waals surface area contributed by atoms with Gasteiger partial charge in [-0.15, -0.1) is 0 Å². The van der Waals surface area contributed by atoms with Gasteiger partial charge in [0.15, 0.2) is 0 Å². The lowest BCUT2D eigenvalue weighted by Crippen LogP contribution is -2.34. The average molecular weight is 291 g/mol. The monoisotopic (exact) mass is 291 g/mol. The fourth-order valence-corrected chi connectivity index (χ4v) is 2.70. The smallest absolute Gasteiger partial charge is 0.219 e. The van der Waals surface area contributed by atoms with Crippen LogP contribution in [0.3, 0.4) is 0 Å². The van der Waals surface area contributed by atoms with Crippen LogP contribution < -0.4 is 10.2 Å². The van der Waals surface area contributed by atoms with Crippen LogP contribution >= 0.6 is 0 Å². The Hall–Kier alpha value is -1.85. The van der Waals surface area contributed by atoms with Crippen molar-refractivity contribution in [3.05, 3.63) is 11.4 Å². The van der Waals surface area contributed by atoms with Gasteiger partial charge in [-0.25, -0.2) is 9.97 Å². The van der Waals surface area contributed by atoms with Crippen molar-refractivity contribution < 1.29 is 4.79 Å². The fourth-order valence-electron chi connectivity index (χ4n) is 2.70. The van der Waals surface area contributed by atoms with Crippen molar-refractivity contribution >= 4 is 17.5 Å². The second-order valence-electron chi connectivity index (χ2n) is 5.39. The number of amides is 1. The summed E-state index contributed by atoms with van der Waals surface area (Å²) in [5.41, 5.74) is 1.07. The molecule has 0 bridgehead atoms. The second kappa shape index (κ2) is 6.74. The summed E-state index contributed by atoms with van der Waals surface area (Å²) in [7, 11) is 1.89. The Morgan fingerprint density at radius 1 is 1.24 bits per heavy atom. The maximum absolute atomic E-state index is 11.5. The minimum atomic E-state index is 0.154. The highest BCUT2D eigenvalue weighted by Gasteiger charge is 2.20. The maximum Gasteiger partial charge on any atom is 0.219 e. The van der Waals surface area contributed by atoms with Crippen LogP contribution in [0.15, 0.2) is 0 Å². The van der Waals surface area contributed by atoms with E-state index in [0.717, 1.165) is 62.0 Å². The largest absolute Gasteiger partial charge is 0.373 e. The van der Waals surface area contributed by atoms with Crippen LogP contribution in [-0.4, -0.2) is 54.0 Å². The molecule has 2 heterocycles. The van der Waals surface area contributed by atoms with E-state index in [0.29, 0.717) is 0 Å². The molecule has 1 saturated heterocycles. The zero-order valence-corrected chi connectivity index (χ0v) is 13.4. The Balaban J connectivity index is 2.26. The van der Waals surface area contributed by atoms with E-state index in [1.807, 2.05) is 18.9 Å². The van der Waals surface area contributed by atoms with E-state index in [2.05, 4.69) is 22.1 Å². The molecule has 21 heavy (non-hydrogen) atoms. The number of nitrogens with one attached hydrogen (secondary N) is 1. The van der Waals surface area contributed by atoms with Crippen molar-refractivity contribution in [1.82, 2.24) is 14.9 Å². The number of carbonyl (C=O) groups is 1. The lowest BCUT2D eigenvalue weighted by atomic mass is 10.2. The van der Waals surface area contributed by atoms with Crippen molar-refractivity contribution in [3.8, 4) is 0 Å². The summed E-state index contributed by atoms with van der Waals surface area (Å²) < 4.78 is 0. The zero-order valence-electron chi connectivity index (χ0n) is 13.4. The lowest BCUT2D eigenvalue weighted by molar-refractivity contribution is -0.128. The molecule has 0 aliphatic carbocycles. The van der Waals surface area contributed by atoms with Gasteiger partial charge in [0.1, 0.15) is 17.5 Å². The highest BCUT2D eigenvalue weighted by atomic mass is 16.2. The van der Waals surface area contributed by atoms with E-state index in [1.54, 1.807) is 6.92 Å². The number of hydrogen-bond donors (Lipinski definition) is 1. The molecule has 0 atom stereocenters. The third kappa shape index (κ3) is 3.43. The molecular formula is C15H25N5O. The Bertz CT molecular complexity index is 517. The van der Waals surface area contributed by atoms with Crippen molar-refractivity contribution in [3.63, 3.8) is 0 Å². The molecule has 1 fully saturated rings. The molecule has 0 aromatic carbocycles. The maximum atomic E-state index is 11.5. The second-order valence-corrected chi connectivity index (χ2v) is 5.39. The molecule has 116 valence electrons. The van der Waals surface area contributed by atoms with Crippen molar-refractivity contribution in [2.45, 2.75) is 33.6 Å². The van der Waals surface area contributed by atoms with Crippen LogP contribution in [0.5, 0.6) is 0 Å². The average Bonchev–Trinajstić information content (AvgIpc) is 2.73. The van der Waals surface area contributed by atoms with E-state index in [1.165, 1.54) is 0 Å². The first-order chi connectivity index (χ1) is 10.1. The highest BCUT2D eigenvalue weighted by Crippen LogP contribution is 2.24. The molecule has 1 aromatic heterocycles. The highest BCUT2D eigenvalue weighted by molar-refractivity contribution is 5.73. The van der Waals surface area contributed by atoms with E-state index in [-0.39, 0.29) is 5.91 Å². The van der Waals surface area contributed by atoms with Gasteiger partial charge in [-0.3, -0.25) is 4.79 Å². The third-order valence-electron chi connectivity index (χ3n) is 3.96. The Labute approximate surface area is 126 Å². The minimum Gasteiger partial charge on any atom is -0.373 e. The summed E-state index contributed by atoms with van der Waals surface area (Å²) in [5.74, 6) is 2.90. The molecule has 1 amide bonds. The molecule has 1 aromatic rings. The lowest BCUT2D eigenvalue weighted by Gasteiger charge is -2.25. The van der Waals surface area contributed by atoms with E-state index < -0.39 is 0 Å². The molecular weight excluding hydrogens is 266 g/mol. The summed E-state index contributed by atoms with van der Waals surface area (Å²) in [4.78, 5) is 24.9. The Morgan fingerprint density at radius 2 is 2.00 bits per heavy atom. The number of aromatic nitrogens is 2. The van der Waals surface area contributed by atoms with Gasteiger partial charge in [0, 0.05) is 52.1 Å². The number of carbonyl (C=O) groups excluding carboxylic acids is 1. The van der Waals surface area contributed by atoms with Gasteiger partial charge >= 0.3 is 0 Å². The summed E-state index contributed by atoms with van der Waals surface area (Å²) in [5, 5.41) is 3.15. The first kappa shape index (κ1) is 15.5. The van der Waals surface area contributed by atoms with Crippen LogP contribution in [-0.2, 0) is 11.2 Å². The number of nitrogens with zero attached hydrogens (tertiary/aromatic N) is 4. The van der Waals surface area contributed by atoms with Crippen LogP contribution in [0.2, 0.25) is 0 Å². The molecule has 0 unspecified atom stereocenters. The number of hydrogen-bond acceptors (Lipinski definition) is 5. The summed E-state index contributed by atoms with van der Waals surface area (Å²) in [6.07, 6.45) is 1.79. The number of aryl methyl sites for hydroxylation is 1. The SMILES string of the molecule is CCc1nc(NC)c(C)c(N2CCCN(C(C)=O)CC2)n1. The molecule has 2 rings (SSSR count). The van der Waals surface area contributed by atoms with Gasteiger partial charge in [-0.1, -0.05) is 6.92 Å². The third-order valence-corrected chi connectivity index (χ3v) is 3.96. The van der Waals surface area contributed by atoms with Crippen molar-refractivity contribution in [1.29, 1.82) is 0 Å². The molecule has 1 N–H and O–H groups in total. The Morgan fingerprint density at radius 3 is 2.62 bits per heavy atom. The standard InChI is InChI=1S/C15H25N5O/c1-5-13-17-14(16-4)11(2)15(18-13)20-8-6-7-19(9-10-20)12(3)21/h5-10H2,1-4H3,(H,16,17,18). The normalized spacial score (nSPS) is 15.8. The van der Waals surface area contributed by atoms with Crippen LogP contribution in [0.25, 0.3) is 0 Å². The summed E-state index contributed by atoms with van der Waals surface area (Å²) in [6, 6.07) is 0. The quantitative estimate of drug-likeness (QED) is 0.913. The molecule has 6 nitrogen and oxygen atoms in total. The molecule has 0 saturated carbocycles. The number of rotatable bonds is 3. The van der Waals surface area contributed by atoms with Crippen LogP contribution in [0, 0.1) is 6.92 Å². The topological polar surface area (TPSA) is 61.4 Å². The zero-order chi connectivity index (χ0) is 15.4. The first-order valence-electron chi connectivity index (χ1n) is 7.62. The van der Waals surface area contributed by atoms with Crippen LogP contribution in [0.1, 0.15) is 31.7 Å². The van der Waals surface area contributed by atoms with Crippen molar-refractivity contribution in [2.75, 3.05) is 43.4 Å². The van der Waals surface area contributed by atoms with E-state index in [4.69, 9.17) is 4.98 Å². The van der Waals surface area contributed by atoms with Gasteiger partial charge in [-0.2, -0.15) is 0 Å². The molecule has 6 heteroatoms. The van der Waals surface area contributed by atoms with Gasteiger partial charge in [0.2, 0.25) is 5.91 Å². The van der Waals surface area contributed by atoms with E-state index >= 15 is 0 Å². The van der Waals surface area contributed by atoms with Crippen molar-refractivity contribution in [2.24, 2.45) is 0 Å². The predicted octanol–water partition coefficient (Wildman–Crippen LogP) is 1.45. The number of anilines is 2. The fraction of sp³-hybridized carbons (Fsp3) is 0.667. The van der Waals surface area contributed by atoms with Gasteiger partial charge < -0.3 is 15.1 Å². The minimum absolute atomic E-state index is 0.154. The van der Waals surface area contributed by atoms with Gasteiger partial charge in [-0.05, 0) is 13.3 Å². The molecule has 1 aliphatic rings. The van der Waals surface area contributed by atoms with Gasteiger partial charge in [0.25, 0.3) is 0 Å². The molecule has 0 radical (unpaired) electrons. The summed E-state index contributed by atoms with van der Waals surface area (Å²) >= 11 is 0. The van der Waals surface area contributed by atoms with Gasteiger partial charge in [0.05, 0.1) is 0 Å². The predicted molar refractivity (Wildman–Crippen MR) is 84.8 cm³/mol. The van der Waals surface area contributed by atoms with Crippen LogP contribution in [0.4, 0.5) is 11.6 Å². The first-order valence-corrected chi connectivity index (χ1v) is 7.62. The Kier molecular flexibility index (Phi) is 4.98. The van der Waals surface area contributed by atoms with E-state index in [9.17, 15) is 4.79 Å². The summed E-state index contributed by atoms with van der Waals surface area (Å²) in [6.45, 7) is 9.09. The molecule has 0 spiro atoms. The molecule has 1 aliphatic heterocycles.